The predicted molar refractivity (Wildman–Crippen MR) is 72.7 cm³/mol. The lowest BCUT2D eigenvalue weighted by molar-refractivity contribution is 0.289. The third kappa shape index (κ3) is 4.16. The summed E-state index contributed by atoms with van der Waals surface area (Å²) in [7, 11) is 0. The molecule has 0 amide bonds. The first-order chi connectivity index (χ1) is 8.08. The highest BCUT2D eigenvalue weighted by Crippen LogP contribution is 2.29. The van der Waals surface area contributed by atoms with Crippen LogP contribution in [0.2, 0.25) is 0 Å². The smallest absolute Gasteiger partial charge is 0.133 e. The third-order valence-electron chi connectivity index (χ3n) is 2.41. The molecule has 0 aliphatic carbocycles. The molecule has 1 heterocycles. The van der Waals surface area contributed by atoms with E-state index in [9.17, 15) is 0 Å². The summed E-state index contributed by atoms with van der Waals surface area (Å²) in [5.74, 6) is 1.70. The van der Waals surface area contributed by atoms with Gasteiger partial charge < -0.3 is 10.4 Å². The highest BCUT2D eigenvalue weighted by Gasteiger charge is 2.12. The first-order valence-corrected chi connectivity index (χ1v) is 6.83. The number of nitrogens with one attached hydrogen (secondary N) is 1. The van der Waals surface area contributed by atoms with Gasteiger partial charge in [-0.1, -0.05) is 6.92 Å². The van der Waals surface area contributed by atoms with Gasteiger partial charge in [0.25, 0.3) is 0 Å². The van der Waals surface area contributed by atoms with Gasteiger partial charge in [-0.25, -0.2) is 9.97 Å². The van der Waals surface area contributed by atoms with Crippen molar-refractivity contribution < 1.29 is 5.11 Å². The van der Waals surface area contributed by atoms with Gasteiger partial charge in [-0.15, -0.1) is 11.8 Å². The first kappa shape index (κ1) is 14.3. The zero-order valence-electron chi connectivity index (χ0n) is 10.9. The Morgan fingerprint density at radius 2 is 2.06 bits per heavy atom. The number of hydrogen-bond acceptors (Lipinski definition) is 5. The lowest BCUT2D eigenvalue weighted by Crippen LogP contribution is -2.07. The second-order valence-corrected chi connectivity index (χ2v) is 5.45. The highest BCUT2D eigenvalue weighted by molar-refractivity contribution is 7.99. The Bertz CT molecular complexity index is 371. The number of thioether (sulfide) groups is 1. The molecule has 4 nitrogen and oxygen atoms in total. The second kappa shape index (κ2) is 6.81. The zero-order valence-corrected chi connectivity index (χ0v) is 11.8. The van der Waals surface area contributed by atoms with Crippen LogP contribution < -0.4 is 5.32 Å². The molecule has 1 rings (SSSR count). The lowest BCUT2D eigenvalue weighted by Gasteiger charge is -2.14. The Morgan fingerprint density at radius 3 is 2.65 bits per heavy atom. The van der Waals surface area contributed by atoms with Crippen molar-refractivity contribution in [2.24, 2.45) is 0 Å². The van der Waals surface area contributed by atoms with E-state index in [4.69, 9.17) is 5.11 Å². The first-order valence-electron chi connectivity index (χ1n) is 5.95. The monoisotopic (exact) mass is 255 g/mol. The van der Waals surface area contributed by atoms with E-state index < -0.39 is 0 Å². The molecule has 0 fully saturated rings. The molecule has 0 aliphatic heterocycles. The van der Waals surface area contributed by atoms with Crippen LogP contribution in [0.5, 0.6) is 0 Å². The molecule has 1 aromatic rings. The van der Waals surface area contributed by atoms with Crippen molar-refractivity contribution in [1.29, 1.82) is 0 Å². The molecule has 0 saturated carbocycles. The number of aliphatic hydroxyl groups is 1. The standard InChI is InChI=1S/C12H21N3OS/c1-5-13-11-9(3)12(15-10(4)14-11)17-8(2)6-7-16/h8,16H,5-7H2,1-4H3,(H,13,14,15). The minimum absolute atomic E-state index is 0.220. The summed E-state index contributed by atoms with van der Waals surface area (Å²) in [4.78, 5) is 8.86. The van der Waals surface area contributed by atoms with Gasteiger partial charge in [0.2, 0.25) is 0 Å². The molecule has 2 N–H and O–H groups in total. The molecule has 0 aliphatic rings. The van der Waals surface area contributed by atoms with Crippen LogP contribution in [0.1, 0.15) is 31.7 Å². The van der Waals surface area contributed by atoms with Gasteiger partial charge >= 0.3 is 0 Å². The van der Waals surface area contributed by atoms with Crippen LogP contribution in [-0.2, 0) is 0 Å². The molecule has 96 valence electrons. The molecule has 0 bridgehead atoms. The van der Waals surface area contributed by atoms with Crippen LogP contribution in [0.3, 0.4) is 0 Å². The Labute approximate surface area is 107 Å². The molecule has 0 saturated heterocycles. The minimum atomic E-state index is 0.220. The van der Waals surface area contributed by atoms with Crippen LogP contribution in [0.25, 0.3) is 0 Å². The van der Waals surface area contributed by atoms with E-state index in [0.29, 0.717) is 5.25 Å². The number of nitrogens with zero attached hydrogens (tertiary/aromatic N) is 2. The fraction of sp³-hybridized carbons (Fsp3) is 0.667. The SMILES string of the molecule is CCNc1nc(C)nc(SC(C)CCO)c1C. The number of hydrogen-bond donors (Lipinski definition) is 2. The van der Waals surface area contributed by atoms with Gasteiger partial charge in [-0.2, -0.15) is 0 Å². The Balaban J connectivity index is 2.90. The molecule has 0 aromatic carbocycles. The normalized spacial score (nSPS) is 12.5. The number of aromatic nitrogens is 2. The minimum Gasteiger partial charge on any atom is -0.396 e. The average molecular weight is 255 g/mol. The lowest BCUT2D eigenvalue weighted by atomic mass is 10.3. The molecular formula is C12H21N3OS. The molecule has 1 aromatic heterocycles. The Morgan fingerprint density at radius 1 is 1.35 bits per heavy atom. The summed E-state index contributed by atoms with van der Waals surface area (Å²) < 4.78 is 0. The van der Waals surface area contributed by atoms with Gasteiger partial charge in [-0.05, 0) is 27.2 Å². The van der Waals surface area contributed by atoms with Crippen molar-refractivity contribution in [3.8, 4) is 0 Å². The van der Waals surface area contributed by atoms with E-state index in [1.807, 2.05) is 13.8 Å². The van der Waals surface area contributed by atoms with Gasteiger partial charge in [0.1, 0.15) is 16.7 Å². The van der Waals surface area contributed by atoms with Crippen molar-refractivity contribution >= 4 is 17.6 Å². The quantitative estimate of drug-likeness (QED) is 0.604. The molecular weight excluding hydrogens is 234 g/mol. The van der Waals surface area contributed by atoms with Crippen molar-refractivity contribution in [3.63, 3.8) is 0 Å². The van der Waals surface area contributed by atoms with Crippen LogP contribution in [0.15, 0.2) is 5.03 Å². The van der Waals surface area contributed by atoms with E-state index in [-0.39, 0.29) is 6.61 Å². The van der Waals surface area contributed by atoms with Gasteiger partial charge in [0.05, 0.1) is 0 Å². The maximum absolute atomic E-state index is 8.92. The van der Waals surface area contributed by atoms with E-state index >= 15 is 0 Å². The van der Waals surface area contributed by atoms with Crippen molar-refractivity contribution in [3.05, 3.63) is 11.4 Å². The fourth-order valence-corrected chi connectivity index (χ4v) is 2.55. The average Bonchev–Trinajstić information content (AvgIpc) is 2.25. The van der Waals surface area contributed by atoms with Crippen molar-refractivity contribution in [1.82, 2.24) is 9.97 Å². The van der Waals surface area contributed by atoms with Gasteiger partial charge in [-0.3, -0.25) is 0 Å². The summed E-state index contributed by atoms with van der Waals surface area (Å²) >= 11 is 1.70. The van der Waals surface area contributed by atoms with E-state index in [2.05, 4.69) is 29.1 Å². The maximum atomic E-state index is 8.92. The topological polar surface area (TPSA) is 58.0 Å². The molecule has 0 radical (unpaired) electrons. The largest absolute Gasteiger partial charge is 0.396 e. The second-order valence-electron chi connectivity index (χ2n) is 4.02. The Kier molecular flexibility index (Phi) is 5.71. The third-order valence-corrected chi connectivity index (χ3v) is 3.66. The number of aliphatic hydroxyl groups excluding tert-OH is 1. The number of aryl methyl sites for hydroxylation is 1. The van der Waals surface area contributed by atoms with Crippen molar-refractivity contribution in [2.45, 2.75) is 44.4 Å². The fourth-order valence-electron chi connectivity index (χ4n) is 1.49. The maximum Gasteiger partial charge on any atom is 0.133 e. The highest BCUT2D eigenvalue weighted by atomic mass is 32.2. The van der Waals surface area contributed by atoms with E-state index in [1.165, 1.54) is 0 Å². The molecule has 0 spiro atoms. The predicted octanol–water partition coefficient (Wildman–Crippen LogP) is 2.39. The Hall–Kier alpha value is -0.810. The van der Waals surface area contributed by atoms with E-state index in [1.54, 1.807) is 11.8 Å². The summed E-state index contributed by atoms with van der Waals surface area (Å²) in [6.07, 6.45) is 0.781. The molecule has 1 atom stereocenters. The molecule has 17 heavy (non-hydrogen) atoms. The summed E-state index contributed by atoms with van der Waals surface area (Å²) in [6.45, 7) is 9.17. The van der Waals surface area contributed by atoms with Crippen LogP contribution >= 0.6 is 11.8 Å². The number of anilines is 1. The van der Waals surface area contributed by atoms with Crippen LogP contribution in [0, 0.1) is 13.8 Å². The molecule has 5 heteroatoms. The van der Waals surface area contributed by atoms with Gasteiger partial charge in [0, 0.05) is 24.0 Å². The summed E-state index contributed by atoms with van der Waals surface area (Å²) in [5.41, 5.74) is 1.09. The van der Waals surface area contributed by atoms with Crippen LogP contribution in [-0.4, -0.2) is 33.5 Å². The summed E-state index contributed by atoms with van der Waals surface area (Å²) in [6, 6.07) is 0. The number of rotatable bonds is 6. The van der Waals surface area contributed by atoms with E-state index in [0.717, 1.165) is 35.2 Å². The van der Waals surface area contributed by atoms with Crippen molar-refractivity contribution in [2.75, 3.05) is 18.5 Å². The molecule has 1 unspecified atom stereocenters. The zero-order chi connectivity index (χ0) is 12.8. The van der Waals surface area contributed by atoms with Crippen LogP contribution in [0.4, 0.5) is 5.82 Å². The van der Waals surface area contributed by atoms with Gasteiger partial charge in [0.15, 0.2) is 0 Å². The summed E-state index contributed by atoms with van der Waals surface area (Å²) in [5, 5.41) is 13.5.